The predicted molar refractivity (Wildman–Crippen MR) is 69.4 cm³/mol. The van der Waals surface area contributed by atoms with E-state index in [4.69, 9.17) is 0 Å². The van der Waals surface area contributed by atoms with Crippen LogP contribution in [0.1, 0.15) is 37.8 Å². The number of hydrogen-bond acceptors (Lipinski definition) is 3. The quantitative estimate of drug-likeness (QED) is 0.631. The highest BCUT2D eigenvalue weighted by Gasteiger charge is 2.17. The van der Waals surface area contributed by atoms with Crippen LogP contribution in [0.25, 0.3) is 0 Å². The number of nitrogens with zero attached hydrogens (tertiary/aromatic N) is 1. The lowest BCUT2D eigenvalue weighted by Gasteiger charge is -2.22. The number of non-ortho nitro benzene ring substituents is 1. The van der Waals surface area contributed by atoms with Gasteiger partial charge >= 0.3 is 0 Å². The molecule has 0 heterocycles. The van der Waals surface area contributed by atoms with Crippen LogP contribution in [0.4, 0.5) is 5.69 Å². The van der Waals surface area contributed by atoms with E-state index in [1.165, 1.54) is 5.56 Å². The van der Waals surface area contributed by atoms with Crippen LogP contribution in [0.15, 0.2) is 18.2 Å². The molecule has 0 amide bonds. The van der Waals surface area contributed by atoms with Gasteiger partial charge in [0.25, 0.3) is 5.69 Å². The Bertz CT molecular complexity index is 404. The molecule has 94 valence electrons. The van der Waals surface area contributed by atoms with Crippen LogP contribution in [-0.2, 0) is 0 Å². The summed E-state index contributed by atoms with van der Waals surface area (Å²) in [5, 5.41) is 14.0. The smallest absolute Gasteiger partial charge is 0.269 e. The molecule has 4 heteroatoms. The molecule has 2 unspecified atom stereocenters. The molecule has 1 rings (SSSR count). The van der Waals surface area contributed by atoms with Crippen LogP contribution in [0, 0.1) is 17.0 Å². The lowest BCUT2D eigenvalue weighted by molar-refractivity contribution is -0.384. The second-order valence-corrected chi connectivity index (χ2v) is 4.43. The van der Waals surface area contributed by atoms with Crippen molar-refractivity contribution >= 4 is 5.69 Å². The van der Waals surface area contributed by atoms with Crippen molar-refractivity contribution in [2.24, 2.45) is 0 Å². The minimum Gasteiger partial charge on any atom is -0.314 e. The Kier molecular flexibility index (Phi) is 4.63. The van der Waals surface area contributed by atoms with E-state index in [9.17, 15) is 10.1 Å². The monoisotopic (exact) mass is 236 g/mol. The second-order valence-electron chi connectivity index (χ2n) is 4.43. The molecule has 0 aliphatic rings. The molecule has 0 fully saturated rings. The van der Waals surface area contributed by atoms with Crippen molar-refractivity contribution in [3.63, 3.8) is 0 Å². The number of nitrogens with one attached hydrogen (secondary N) is 1. The third-order valence-electron chi connectivity index (χ3n) is 3.23. The normalized spacial score (nSPS) is 14.4. The first-order valence-corrected chi connectivity index (χ1v) is 5.95. The Hall–Kier alpha value is -1.42. The van der Waals surface area contributed by atoms with Crippen molar-refractivity contribution < 1.29 is 4.92 Å². The highest BCUT2D eigenvalue weighted by molar-refractivity contribution is 5.41. The van der Waals surface area contributed by atoms with Gasteiger partial charge in [0.2, 0.25) is 0 Å². The Morgan fingerprint density at radius 3 is 2.53 bits per heavy atom. The van der Waals surface area contributed by atoms with E-state index < -0.39 is 0 Å². The molecule has 0 radical (unpaired) electrons. The largest absolute Gasteiger partial charge is 0.314 e. The first-order valence-electron chi connectivity index (χ1n) is 5.95. The van der Waals surface area contributed by atoms with Crippen molar-refractivity contribution in [3.05, 3.63) is 39.4 Å². The van der Waals surface area contributed by atoms with Gasteiger partial charge in [-0.05, 0) is 37.4 Å². The third kappa shape index (κ3) is 3.27. The summed E-state index contributed by atoms with van der Waals surface area (Å²) in [6.45, 7) is 9.21. The van der Waals surface area contributed by atoms with Gasteiger partial charge in [-0.3, -0.25) is 10.1 Å². The molecule has 0 saturated carbocycles. The molecule has 4 nitrogen and oxygen atoms in total. The second kappa shape index (κ2) is 5.77. The molecular weight excluding hydrogens is 216 g/mol. The Morgan fingerprint density at radius 1 is 1.41 bits per heavy atom. The Labute approximate surface area is 102 Å². The fourth-order valence-corrected chi connectivity index (χ4v) is 2.05. The maximum Gasteiger partial charge on any atom is 0.269 e. The highest BCUT2D eigenvalue weighted by Crippen LogP contribution is 2.26. The van der Waals surface area contributed by atoms with E-state index in [1.807, 2.05) is 13.0 Å². The van der Waals surface area contributed by atoms with Crippen molar-refractivity contribution in [1.29, 1.82) is 0 Å². The fourth-order valence-electron chi connectivity index (χ4n) is 2.05. The number of hydrogen-bond donors (Lipinski definition) is 1. The van der Waals surface area contributed by atoms with Gasteiger partial charge in [0.1, 0.15) is 0 Å². The summed E-state index contributed by atoms with van der Waals surface area (Å²) >= 11 is 0. The van der Waals surface area contributed by atoms with Crippen LogP contribution in [-0.4, -0.2) is 17.5 Å². The number of nitro groups is 1. The van der Waals surface area contributed by atoms with Crippen LogP contribution in [0.5, 0.6) is 0 Å². The topological polar surface area (TPSA) is 55.2 Å². The van der Waals surface area contributed by atoms with Gasteiger partial charge in [-0.25, -0.2) is 0 Å². The van der Waals surface area contributed by atoms with E-state index in [1.54, 1.807) is 12.1 Å². The van der Waals surface area contributed by atoms with Crippen LogP contribution in [0.2, 0.25) is 0 Å². The molecule has 2 atom stereocenters. The van der Waals surface area contributed by atoms with Crippen molar-refractivity contribution in [1.82, 2.24) is 5.32 Å². The lowest BCUT2D eigenvalue weighted by atomic mass is 9.90. The van der Waals surface area contributed by atoms with Crippen molar-refractivity contribution in [2.45, 2.75) is 39.7 Å². The van der Waals surface area contributed by atoms with E-state index in [0.29, 0.717) is 12.0 Å². The standard InChI is InChI=1S/C13H20N2O2/c1-5-14-11(4)10(3)13-7-6-12(15(16)17)8-9(13)2/h6-8,10-11,14H,5H2,1-4H3. The lowest BCUT2D eigenvalue weighted by Crippen LogP contribution is -2.30. The van der Waals surface area contributed by atoms with E-state index in [-0.39, 0.29) is 10.6 Å². The zero-order chi connectivity index (χ0) is 13.0. The minimum absolute atomic E-state index is 0.162. The molecule has 0 saturated heterocycles. The van der Waals surface area contributed by atoms with Gasteiger partial charge in [-0.1, -0.05) is 19.9 Å². The number of likely N-dealkylation sites (N-methyl/N-ethyl adjacent to an activating group) is 1. The summed E-state index contributed by atoms with van der Waals surface area (Å²) in [5.74, 6) is 0.343. The van der Waals surface area contributed by atoms with Crippen molar-refractivity contribution in [2.75, 3.05) is 6.54 Å². The van der Waals surface area contributed by atoms with Gasteiger partial charge in [0.05, 0.1) is 4.92 Å². The SMILES string of the molecule is CCNC(C)C(C)c1ccc([N+](=O)[O-])cc1C. The molecule has 1 N–H and O–H groups in total. The number of aryl methyl sites for hydroxylation is 1. The van der Waals surface area contributed by atoms with Gasteiger partial charge < -0.3 is 5.32 Å². The maximum atomic E-state index is 10.7. The van der Waals surface area contributed by atoms with Gasteiger partial charge in [-0.2, -0.15) is 0 Å². The average Bonchev–Trinajstić information content (AvgIpc) is 2.28. The average molecular weight is 236 g/mol. The van der Waals surface area contributed by atoms with Crippen molar-refractivity contribution in [3.8, 4) is 0 Å². The Balaban J connectivity index is 2.95. The molecule has 0 aromatic heterocycles. The number of rotatable bonds is 5. The molecule has 1 aromatic rings. The third-order valence-corrected chi connectivity index (χ3v) is 3.23. The molecule has 17 heavy (non-hydrogen) atoms. The summed E-state index contributed by atoms with van der Waals surface area (Å²) in [7, 11) is 0. The first kappa shape index (κ1) is 13.6. The highest BCUT2D eigenvalue weighted by atomic mass is 16.6. The van der Waals surface area contributed by atoms with E-state index in [0.717, 1.165) is 12.1 Å². The molecule has 0 bridgehead atoms. The summed E-state index contributed by atoms with van der Waals surface area (Å²) in [4.78, 5) is 10.3. The summed E-state index contributed by atoms with van der Waals surface area (Å²) in [6.07, 6.45) is 0. The van der Waals surface area contributed by atoms with Crippen LogP contribution >= 0.6 is 0 Å². The molecular formula is C13H20N2O2. The van der Waals surface area contributed by atoms with Gasteiger partial charge in [0.15, 0.2) is 0 Å². The summed E-state index contributed by atoms with van der Waals surface area (Å²) < 4.78 is 0. The van der Waals surface area contributed by atoms with Crippen LogP contribution in [0.3, 0.4) is 0 Å². The molecule has 0 aliphatic carbocycles. The number of benzene rings is 1. The molecule has 0 aliphatic heterocycles. The number of nitro benzene ring substituents is 1. The van der Waals surface area contributed by atoms with Gasteiger partial charge in [-0.15, -0.1) is 0 Å². The molecule has 0 spiro atoms. The predicted octanol–water partition coefficient (Wildman–Crippen LogP) is 3.00. The summed E-state index contributed by atoms with van der Waals surface area (Å²) in [6, 6.07) is 5.45. The van der Waals surface area contributed by atoms with E-state index >= 15 is 0 Å². The Morgan fingerprint density at radius 2 is 2.06 bits per heavy atom. The minimum atomic E-state index is -0.352. The summed E-state index contributed by atoms with van der Waals surface area (Å²) in [5.41, 5.74) is 2.31. The maximum absolute atomic E-state index is 10.7. The molecule has 1 aromatic carbocycles. The first-order chi connectivity index (χ1) is 7.97. The zero-order valence-electron chi connectivity index (χ0n) is 10.9. The van der Waals surface area contributed by atoms with Gasteiger partial charge in [0, 0.05) is 18.2 Å². The fraction of sp³-hybridized carbons (Fsp3) is 0.538. The van der Waals surface area contributed by atoms with Crippen LogP contribution < -0.4 is 5.32 Å². The van der Waals surface area contributed by atoms with E-state index in [2.05, 4.69) is 26.1 Å². The zero-order valence-corrected chi connectivity index (χ0v) is 10.9.